The van der Waals surface area contributed by atoms with Crippen molar-refractivity contribution in [3.05, 3.63) is 30.3 Å². The normalized spacial score (nSPS) is 10.8. The van der Waals surface area contributed by atoms with Gasteiger partial charge in [0.1, 0.15) is 6.54 Å². The highest BCUT2D eigenvalue weighted by Crippen LogP contribution is 2.12. The molecule has 0 radical (unpaired) electrons. The third kappa shape index (κ3) is 6.07. The number of urea groups is 1. The standard InChI is InChI=1S/C12H14F3N3O2/c1-18(9-5-3-2-4-6-9)7-10(19)17-11(20)16-8-12(13,14)15/h2-6H,7-8H2,1H3,(H2,16,17,19,20). The van der Waals surface area contributed by atoms with Crippen LogP contribution in [0.1, 0.15) is 0 Å². The molecular formula is C12H14F3N3O2. The molecule has 0 unspecified atom stereocenters. The summed E-state index contributed by atoms with van der Waals surface area (Å²) in [6.07, 6.45) is -4.51. The first-order valence-corrected chi connectivity index (χ1v) is 5.68. The molecule has 110 valence electrons. The Labute approximate surface area is 113 Å². The second-order valence-electron chi connectivity index (χ2n) is 4.04. The molecule has 0 fully saturated rings. The summed E-state index contributed by atoms with van der Waals surface area (Å²) in [7, 11) is 1.63. The minimum atomic E-state index is -4.51. The lowest BCUT2D eigenvalue weighted by Crippen LogP contribution is -2.46. The average molecular weight is 289 g/mol. The number of anilines is 1. The molecule has 0 aliphatic carbocycles. The summed E-state index contributed by atoms with van der Waals surface area (Å²) in [5.41, 5.74) is 0.748. The van der Waals surface area contributed by atoms with Crippen molar-refractivity contribution in [2.45, 2.75) is 6.18 Å². The van der Waals surface area contributed by atoms with Crippen molar-refractivity contribution >= 4 is 17.6 Å². The Hall–Kier alpha value is -2.25. The van der Waals surface area contributed by atoms with Crippen molar-refractivity contribution in [3.63, 3.8) is 0 Å². The van der Waals surface area contributed by atoms with Crippen molar-refractivity contribution in [1.82, 2.24) is 10.6 Å². The number of alkyl halides is 3. The van der Waals surface area contributed by atoms with Crippen molar-refractivity contribution in [1.29, 1.82) is 0 Å². The average Bonchev–Trinajstić information content (AvgIpc) is 2.36. The van der Waals surface area contributed by atoms with Gasteiger partial charge >= 0.3 is 12.2 Å². The molecule has 0 aromatic heterocycles. The van der Waals surface area contributed by atoms with Crippen molar-refractivity contribution in [2.75, 3.05) is 25.0 Å². The number of rotatable bonds is 4. The first-order valence-electron chi connectivity index (χ1n) is 5.68. The monoisotopic (exact) mass is 289 g/mol. The Bertz CT molecular complexity index is 463. The summed E-state index contributed by atoms with van der Waals surface area (Å²) in [5, 5.41) is 3.37. The fourth-order valence-electron chi connectivity index (χ4n) is 1.38. The van der Waals surface area contributed by atoms with Crippen molar-refractivity contribution < 1.29 is 22.8 Å². The Morgan fingerprint density at radius 3 is 2.35 bits per heavy atom. The zero-order valence-corrected chi connectivity index (χ0v) is 10.7. The fourth-order valence-corrected chi connectivity index (χ4v) is 1.38. The zero-order valence-electron chi connectivity index (χ0n) is 10.7. The van der Waals surface area contributed by atoms with Gasteiger partial charge in [0.05, 0.1) is 6.54 Å². The minimum absolute atomic E-state index is 0.149. The van der Waals surface area contributed by atoms with Crippen molar-refractivity contribution in [3.8, 4) is 0 Å². The summed E-state index contributed by atoms with van der Waals surface area (Å²) < 4.78 is 35.5. The summed E-state index contributed by atoms with van der Waals surface area (Å²) in [4.78, 5) is 24.1. The number of amides is 3. The molecule has 8 heteroatoms. The number of benzene rings is 1. The minimum Gasteiger partial charge on any atom is -0.365 e. The van der Waals surface area contributed by atoms with Crippen LogP contribution in [0.5, 0.6) is 0 Å². The predicted molar refractivity (Wildman–Crippen MR) is 67.3 cm³/mol. The van der Waals surface area contributed by atoms with Crippen LogP contribution in [-0.2, 0) is 4.79 Å². The Morgan fingerprint density at radius 1 is 1.20 bits per heavy atom. The van der Waals surface area contributed by atoms with Gasteiger partial charge < -0.3 is 10.2 Å². The maximum atomic E-state index is 11.8. The number of hydrogen-bond donors (Lipinski definition) is 2. The van der Waals surface area contributed by atoms with Crippen LogP contribution in [-0.4, -0.2) is 38.3 Å². The molecule has 0 heterocycles. The summed E-state index contributed by atoms with van der Waals surface area (Å²) in [6.45, 7) is -1.63. The van der Waals surface area contributed by atoms with E-state index >= 15 is 0 Å². The molecule has 1 aromatic rings. The summed E-state index contributed by atoms with van der Waals surface area (Å²) >= 11 is 0. The van der Waals surface area contributed by atoms with Crippen LogP contribution in [0.15, 0.2) is 30.3 Å². The van der Waals surface area contributed by atoms with Crippen LogP contribution >= 0.6 is 0 Å². The number of hydrogen-bond acceptors (Lipinski definition) is 3. The van der Waals surface area contributed by atoms with Gasteiger partial charge in [-0.15, -0.1) is 0 Å². The Morgan fingerprint density at radius 2 is 1.80 bits per heavy atom. The molecule has 0 saturated heterocycles. The molecule has 1 aromatic carbocycles. The highest BCUT2D eigenvalue weighted by Gasteiger charge is 2.28. The van der Waals surface area contributed by atoms with E-state index in [1.807, 2.05) is 11.4 Å². The van der Waals surface area contributed by atoms with Gasteiger partial charge in [-0.3, -0.25) is 10.1 Å². The van der Waals surface area contributed by atoms with Crippen LogP contribution in [0.4, 0.5) is 23.7 Å². The second kappa shape index (κ2) is 6.78. The van der Waals surface area contributed by atoms with Gasteiger partial charge in [-0.05, 0) is 12.1 Å². The smallest absolute Gasteiger partial charge is 0.365 e. The third-order valence-electron chi connectivity index (χ3n) is 2.28. The molecule has 0 spiro atoms. The van der Waals surface area contributed by atoms with Crippen LogP contribution < -0.4 is 15.5 Å². The van der Waals surface area contributed by atoms with E-state index in [2.05, 4.69) is 0 Å². The number of halogens is 3. The molecule has 2 N–H and O–H groups in total. The SMILES string of the molecule is CN(CC(=O)NC(=O)NCC(F)(F)F)c1ccccc1. The number of carbonyl (C=O) groups is 2. The summed E-state index contributed by atoms with van der Waals surface area (Å²) in [5.74, 6) is -0.698. The lowest BCUT2D eigenvalue weighted by Gasteiger charge is -2.18. The van der Waals surface area contributed by atoms with Gasteiger partial charge in [0.15, 0.2) is 0 Å². The quantitative estimate of drug-likeness (QED) is 0.883. The van der Waals surface area contributed by atoms with E-state index < -0.39 is 24.7 Å². The van der Waals surface area contributed by atoms with E-state index in [4.69, 9.17) is 0 Å². The number of para-hydroxylation sites is 1. The molecule has 0 saturated carbocycles. The number of imide groups is 1. The maximum Gasteiger partial charge on any atom is 0.405 e. The van der Waals surface area contributed by atoms with Crippen LogP contribution in [0.3, 0.4) is 0 Å². The summed E-state index contributed by atoms with van der Waals surface area (Å²) in [6, 6.07) is 7.71. The topological polar surface area (TPSA) is 61.4 Å². The van der Waals surface area contributed by atoms with E-state index in [0.717, 1.165) is 5.69 Å². The van der Waals surface area contributed by atoms with Gasteiger partial charge in [-0.2, -0.15) is 13.2 Å². The van der Waals surface area contributed by atoms with Gasteiger partial charge in [0, 0.05) is 12.7 Å². The first-order chi connectivity index (χ1) is 9.28. The van der Waals surface area contributed by atoms with E-state index in [1.54, 1.807) is 41.5 Å². The van der Waals surface area contributed by atoms with Crippen LogP contribution in [0.25, 0.3) is 0 Å². The fraction of sp³-hybridized carbons (Fsp3) is 0.333. The molecule has 0 atom stereocenters. The van der Waals surface area contributed by atoms with Gasteiger partial charge in [-0.1, -0.05) is 18.2 Å². The van der Waals surface area contributed by atoms with Gasteiger partial charge in [0.25, 0.3) is 0 Å². The van der Waals surface area contributed by atoms with E-state index in [1.165, 1.54) is 0 Å². The number of likely N-dealkylation sites (N-methyl/N-ethyl adjacent to an activating group) is 1. The second-order valence-corrected chi connectivity index (χ2v) is 4.04. The molecule has 1 rings (SSSR count). The predicted octanol–water partition coefficient (Wildman–Crippen LogP) is 1.51. The molecule has 3 amide bonds. The zero-order chi connectivity index (χ0) is 15.2. The molecular weight excluding hydrogens is 275 g/mol. The third-order valence-corrected chi connectivity index (χ3v) is 2.28. The number of nitrogens with zero attached hydrogens (tertiary/aromatic N) is 1. The Balaban J connectivity index is 2.38. The largest absolute Gasteiger partial charge is 0.405 e. The van der Waals surface area contributed by atoms with E-state index in [0.29, 0.717) is 0 Å². The van der Waals surface area contributed by atoms with E-state index in [-0.39, 0.29) is 6.54 Å². The van der Waals surface area contributed by atoms with Crippen LogP contribution in [0.2, 0.25) is 0 Å². The van der Waals surface area contributed by atoms with Crippen LogP contribution in [0, 0.1) is 0 Å². The highest BCUT2D eigenvalue weighted by atomic mass is 19.4. The number of nitrogens with one attached hydrogen (secondary N) is 2. The molecule has 0 aliphatic heterocycles. The van der Waals surface area contributed by atoms with E-state index in [9.17, 15) is 22.8 Å². The first kappa shape index (κ1) is 15.8. The molecule has 20 heavy (non-hydrogen) atoms. The molecule has 0 aliphatic rings. The van der Waals surface area contributed by atoms with Gasteiger partial charge in [-0.25, -0.2) is 4.79 Å². The highest BCUT2D eigenvalue weighted by molar-refractivity contribution is 5.96. The van der Waals surface area contributed by atoms with Crippen molar-refractivity contribution in [2.24, 2.45) is 0 Å². The molecule has 5 nitrogen and oxygen atoms in total. The lowest BCUT2D eigenvalue weighted by molar-refractivity contribution is -0.124. The molecule has 0 bridgehead atoms. The lowest BCUT2D eigenvalue weighted by atomic mass is 10.3. The maximum absolute atomic E-state index is 11.8. The van der Waals surface area contributed by atoms with Gasteiger partial charge in [0.2, 0.25) is 5.91 Å². The number of carbonyl (C=O) groups excluding carboxylic acids is 2. The Kier molecular flexibility index (Phi) is 5.36.